The first-order valence-corrected chi connectivity index (χ1v) is 6.39. The van der Waals surface area contributed by atoms with Gasteiger partial charge in [0, 0.05) is 19.6 Å². The first kappa shape index (κ1) is 15.6. The highest BCUT2D eigenvalue weighted by molar-refractivity contribution is 5.50. The summed E-state index contributed by atoms with van der Waals surface area (Å²) in [6, 6.07) is 5.58. The number of hydrogen-bond acceptors (Lipinski definition) is 5. The van der Waals surface area contributed by atoms with Gasteiger partial charge in [-0.1, -0.05) is 6.07 Å². The second kappa shape index (κ2) is 9.47. The van der Waals surface area contributed by atoms with Crippen molar-refractivity contribution in [2.45, 2.75) is 6.42 Å². The molecule has 0 radical (unpaired) electrons. The highest BCUT2D eigenvalue weighted by Gasteiger charge is 2.10. The normalized spacial score (nSPS) is 10.3. The van der Waals surface area contributed by atoms with Crippen molar-refractivity contribution in [1.29, 1.82) is 0 Å². The molecule has 1 rings (SSSR count). The van der Waals surface area contributed by atoms with Crippen molar-refractivity contribution >= 4 is 0 Å². The van der Waals surface area contributed by atoms with Crippen LogP contribution in [-0.4, -0.2) is 47.6 Å². The Balaban J connectivity index is 2.33. The summed E-state index contributed by atoms with van der Waals surface area (Å²) in [5.74, 6) is 1.99. The molecule has 1 N–H and O–H groups in total. The van der Waals surface area contributed by atoms with Gasteiger partial charge in [-0.05, 0) is 19.2 Å². The van der Waals surface area contributed by atoms with Crippen LogP contribution in [0.5, 0.6) is 17.2 Å². The Kier molecular flexibility index (Phi) is 7.77. The lowest BCUT2D eigenvalue weighted by molar-refractivity contribution is 0.121. The van der Waals surface area contributed by atoms with Gasteiger partial charge in [0.25, 0.3) is 0 Å². The highest BCUT2D eigenvalue weighted by atomic mass is 16.5. The Bertz CT molecular complexity index is 357. The molecule has 1 aromatic rings. The molecule has 0 saturated carbocycles. The van der Waals surface area contributed by atoms with Gasteiger partial charge < -0.3 is 24.3 Å². The standard InChI is InChI=1S/C14H23NO4/c1-15-8-11-18-9-5-10-19-13-7-4-6-12(16-2)14(13)17-3/h4,6-7,15H,5,8-11H2,1-3H3. The smallest absolute Gasteiger partial charge is 0.203 e. The lowest BCUT2D eigenvalue weighted by Crippen LogP contribution is -2.15. The summed E-state index contributed by atoms with van der Waals surface area (Å²) in [6.45, 7) is 2.86. The Morgan fingerprint density at radius 3 is 2.47 bits per heavy atom. The number of methoxy groups -OCH3 is 2. The molecule has 5 heteroatoms. The van der Waals surface area contributed by atoms with Crippen LogP contribution >= 0.6 is 0 Å². The van der Waals surface area contributed by atoms with Crippen LogP contribution in [0, 0.1) is 0 Å². The molecule has 0 fully saturated rings. The van der Waals surface area contributed by atoms with E-state index in [1.807, 2.05) is 25.2 Å². The first-order chi connectivity index (χ1) is 9.33. The molecular formula is C14H23NO4. The van der Waals surface area contributed by atoms with Gasteiger partial charge in [0.1, 0.15) is 0 Å². The van der Waals surface area contributed by atoms with Crippen LogP contribution in [0.15, 0.2) is 18.2 Å². The third kappa shape index (κ3) is 5.36. The number of hydrogen-bond donors (Lipinski definition) is 1. The molecule has 0 amide bonds. The van der Waals surface area contributed by atoms with E-state index >= 15 is 0 Å². The van der Waals surface area contributed by atoms with Gasteiger partial charge in [-0.2, -0.15) is 0 Å². The lowest BCUT2D eigenvalue weighted by atomic mass is 10.3. The van der Waals surface area contributed by atoms with Gasteiger partial charge in [-0.25, -0.2) is 0 Å². The second-order valence-electron chi connectivity index (χ2n) is 3.91. The average molecular weight is 269 g/mol. The van der Waals surface area contributed by atoms with Crippen molar-refractivity contribution in [3.63, 3.8) is 0 Å². The van der Waals surface area contributed by atoms with Crippen LogP contribution in [0.4, 0.5) is 0 Å². The highest BCUT2D eigenvalue weighted by Crippen LogP contribution is 2.36. The van der Waals surface area contributed by atoms with Crippen molar-refractivity contribution in [3.8, 4) is 17.2 Å². The number of ether oxygens (including phenoxy) is 4. The van der Waals surface area contributed by atoms with Gasteiger partial charge >= 0.3 is 0 Å². The fourth-order valence-electron chi connectivity index (χ4n) is 1.59. The fraction of sp³-hybridized carbons (Fsp3) is 0.571. The molecule has 0 atom stereocenters. The van der Waals surface area contributed by atoms with E-state index in [0.29, 0.717) is 30.5 Å². The van der Waals surface area contributed by atoms with E-state index in [0.717, 1.165) is 19.6 Å². The molecule has 19 heavy (non-hydrogen) atoms. The van der Waals surface area contributed by atoms with Gasteiger partial charge in [-0.3, -0.25) is 0 Å². The summed E-state index contributed by atoms with van der Waals surface area (Å²) >= 11 is 0. The minimum Gasteiger partial charge on any atom is -0.493 e. The molecule has 0 aromatic heterocycles. The third-order valence-corrected chi connectivity index (χ3v) is 2.55. The van der Waals surface area contributed by atoms with Crippen LogP contribution in [0.1, 0.15) is 6.42 Å². The molecule has 0 heterocycles. The summed E-state index contributed by atoms with van der Waals surface area (Å²) < 4.78 is 21.6. The van der Waals surface area contributed by atoms with Crippen molar-refractivity contribution < 1.29 is 18.9 Å². The third-order valence-electron chi connectivity index (χ3n) is 2.55. The molecule has 0 spiro atoms. The number of likely N-dealkylation sites (N-methyl/N-ethyl adjacent to an activating group) is 1. The zero-order valence-electron chi connectivity index (χ0n) is 11.9. The van der Waals surface area contributed by atoms with Crippen LogP contribution < -0.4 is 19.5 Å². The maximum Gasteiger partial charge on any atom is 0.203 e. The predicted octanol–water partition coefficient (Wildman–Crippen LogP) is 1.71. The molecule has 0 unspecified atom stereocenters. The summed E-state index contributed by atoms with van der Waals surface area (Å²) in [6.07, 6.45) is 0.837. The Morgan fingerprint density at radius 1 is 1.00 bits per heavy atom. The quantitative estimate of drug-likeness (QED) is 0.655. The molecule has 1 aromatic carbocycles. The number of para-hydroxylation sites is 1. The minimum absolute atomic E-state index is 0.586. The summed E-state index contributed by atoms with van der Waals surface area (Å²) in [7, 11) is 5.12. The van der Waals surface area contributed by atoms with Gasteiger partial charge in [-0.15, -0.1) is 0 Å². The second-order valence-corrected chi connectivity index (χ2v) is 3.91. The van der Waals surface area contributed by atoms with E-state index in [9.17, 15) is 0 Å². The van der Waals surface area contributed by atoms with E-state index in [1.54, 1.807) is 14.2 Å². The zero-order chi connectivity index (χ0) is 13.9. The van der Waals surface area contributed by atoms with Crippen molar-refractivity contribution in [3.05, 3.63) is 18.2 Å². The van der Waals surface area contributed by atoms with Crippen molar-refractivity contribution in [1.82, 2.24) is 5.32 Å². The molecular weight excluding hydrogens is 246 g/mol. The number of rotatable bonds is 10. The lowest BCUT2D eigenvalue weighted by Gasteiger charge is -2.13. The largest absolute Gasteiger partial charge is 0.493 e. The van der Waals surface area contributed by atoms with E-state index < -0.39 is 0 Å². The van der Waals surface area contributed by atoms with E-state index in [4.69, 9.17) is 18.9 Å². The zero-order valence-corrected chi connectivity index (χ0v) is 11.9. The van der Waals surface area contributed by atoms with Gasteiger partial charge in [0.2, 0.25) is 5.75 Å². The average Bonchev–Trinajstić information content (AvgIpc) is 2.45. The van der Waals surface area contributed by atoms with Crippen LogP contribution in [0.2, 0.25) is 0 Å². The van der Waals surface area contributed by atoms with Gasteiger partial charge in [0.05, 0.1) is 27.4 Å². The van der Waals surface area contributed by atoms with Crippen molar-refractivity contribution in [2.75, 3.05) is 47.6 Å². The molecule has 5 nitrogen and oxygen atoms in total. The van der Waals surface area contributed by atoms with E-state index in [2.05, 4.69) is 5.32 Å². The molecule has 0 aliphatic heterocycles. The Labute approximate surface area is 114 Å². The molecule has 108 valence electrons. The molecule has 0 saturated heterocycles. The van der Waals surface area contributed by atoms with E-state index in [1.165, 1.54) is 0 Å². The SMILES string of the molecule is CNCCOCCCOc1cccc(OC)c1OC. The van der Waals surface area contributed by atoms with Crippen molar-refractivity contribution in [2.24, 2.45) is 0 Å². The summed E-state index contributed by atoms with van der Waals surface area (Å²) in [5, 5.41) is 3.03. The molecule has 0 aliphatic rings. The first-order valence-electron chi connectivity index (χ1n) is 6.39. The fourth-order valence-corrected chi connectivity index (χ4v) is 1.59. The number of benzene rings is 1. The summed E-state index contributed by atoms with van der Waals surface area (Å²) in [4.78, 5) is 0. The molecule has 0 bridgehead atoms. The maximum atomic E-state index is 5.68. The Morgan fingerprint density at radius 2 is 1.79 bits per heavy atom. The predicted molar refractivity (Wildman–Crippen MR) is 74.4 cm³/mol. The molecule has 0 aliphatic carbocycles. The van der Waals surface area contributed by atoms with Crippen LogP contribution in [0.25, 0.3) is 0 Å². The van der Waals surface area contributed by atoms with Crippen LogP contribution in [-0.2, 0) is 4.74 Å². The number of nitrogens with one attached hydrogen (secondary N) is 1. The summed E-state index contributed by atoms with van der Waals surface area (Å²) in [5.41, 5.74) is 0. The monoisotopic (exact) mass is 269 g/mol. The topological polar surface area (TPSA) is 49.0 Å². The van der Waals surface area contributed by atoms with E-state index in [-0.39, 0.29) is 0 Å². The van der Waals surface area contributed by atoms with Gasteiger partial charge in [0.15, 0.2) is 11.5 Å². The Hall–Kier alpha value is -1.46. The van der Waals surface area contributed by atoms with Crippen LogP contribution in [0.3, 0.4) is 0 Å². The maximum absolute atomic E-state index is 5.68. The minimum atomic E-state index is 0.586.